The van der Waals surface area contributed by atoms with Crippen LogP contribution in [0.3, 0.4) is 0 Å². The lowest BCUT2D eigenvalue weighted by molar-refractivity contribution is -0.113. The zero-order chi connectivity index (χ0) is 18.5. The van der Waals surface area contributed by atoms with Gasteiger partial charge >= 0.3 is 0 Å². The number of carbonyl (C=O) groups is 1. The quantitative estimate of drug-likeness (QED) is 0.818. The number of thioether (sulfide) groups is 1. The number of ether oxygens (including phenoxy) is 2. The van der Waals surface area contributed by atoms with Crippen LogP contribution in [0.5, 0.6) is 11.5 Å². The number of rotatable bonds is 5. The molecule has 1 amide bonds. The molecule has 0 saturated heterocycles. The maximum atomic E-state index is 11.7. The smallest absolute Gasteiger partial charge is 0.286 e. The van der Waals surface area contributed by atoms with Gasteiger partial charge in [-0.3, -0.25) is 4.79 Å². The molecule has 6 nitrogen and oxygen atoms in total. The van der Waals surface area contributed by atoms with E-state index in [1.807, 2.05) is 24.3 Å². The molecule has 7 heteroatoms. The molecule has 0 spiro atoms. The van der Waals surface area contributed by atoms with Crippen LogP contribution in [0.1, 0.15) is 16.7 Å². The highest BCUT2D eigenvalue weighted by Gasteiger charge is 2.19. The number of nitrogens with two attached hydrogens (primary N) is 1. The molecule has 2 N–H and O–H groups in total. The summed E-state index contributed by atoms with van der Waals surface area (Å²) in [5, 5.41) is 9.38. The average Bonchev–Trinajstić information content (AvgIpc) is 2.97. The molecule has 0 saturated carbocycles. The summed E-state index contributed by atoms with van der Waals surface area (Å²) in [6.07, 6.45) is 1.70. The van der Waals surface area contributed by atoms with Crippen molar-refractivity contribution in [2.75, 3.05) is 7.11 Å². The Kier molecular flexibility index (Phi) is 5.25. The minimum absolute atomic E-state index is 0.240. The molecule has 0 fully saturated rings. The van der Waals surface area contributed by atoms with Gasteiger partial charge in [0.1, 0.15) is 6.61 Å². The van der Waals surface area contributed by atoms with Crippen molar-refractivity contribution in [1.29, 1.82) is 5.26 Å². The van der Waals surface area contributed by atoms with Crippen molar-refractivity contribution in [3.63, 3.8) is 0 Å². The van der Waals surface area contributed by atoms with Crippen molar-refractivity contribution in [2.24, 2.45) is 10.7 Å². The lowest BCUT2D eigenvalue weighted by Gasteiger charge is -2.12. The van der Waals surface area contributed by atoms with Crippen LogP contribution >= 0.6 is 11.8 Å². The third-order valence-electron chi connectivity index (χ3n) is 3.64. The summed E-state index contributed by atoms with van der Waals surface area (Å²) in [7, 11) is 1.54. The number of carbonyl (C=O) groups excluding carboxylic acids is 1. The van der Waals surface area contributed by atoms with E-state index in [-0.39, 0.29) is 17.7 Å². The van der Waals surface area contributed by atoms with E-state index in [9.17, 15) is 4.79 Å². The number of nitrogens with zero attached hydrogens (tertiary/aromatic N) is 2. The predicted molar refractivity (Wildman–Crippen MR) is 101 cm³/mol. The van der Waals surface area contributed by atoms with Crippen LogP contribution in [0.25, 0.3) is 6.08 Å². The highest BCUT2D eigenvalue weighted by molar-refractivity contribution is 8.18. The molecule has 130 valence electrons. The largest absolute Gasteiger partial charge is 0.493 e. The van der Waals surface area contributed by atoms with E-state index < -0.39 is 0 Å². The standard InChI is InChI=1S/C19H15N3O3S/c1-24-16-8-12(9-17-18(23)22-19(21)26-17)6-7-15(16)25-11-14-5-3-2-4-13(14)10-20/h2-9H,11H2,1H3,(H2,21,22,23). The highest BCUT2D eigenvalue weighted by atomic mass is 32.2. The number of amidine groups is 1. The molecular weight excluding hydrogens is 350 g/mol. The first kappa shape index (κ1) is 17.6. The summed E-state index contributed by atoms with van der Waals surface area (Å²) in [5.41, 5.74) is 7.69. The van der Waals surface area contributed by atoms with E-state index in [0.29, 0.717) is 22.0 Å². The van der Waals surface area contributed by atoms with Gasteiger partial charge in [-0.25, -0.2) is 0 Å². The van der Waals surface area contributed by atoms with Gasteiger partial charge in [0.15, 0.2) is 16.7 Å². The van der Waals surface area contributed by atoms with Gasteiger partial charge in [0, 0.05) is 5.56 Å². The lowest BCUT2D eigenvalue weighted by atomic mass is 10.1. The van der Waals surface area contributed by atoms with Gasteiger partial charge in [0.25, 0.3) is 5.91 Å². The molecule has 0 aromatic heterocycles. The fraction of sp³-hybridized carbons (Fsp3) is 0.105. The first-order valence-corrected chi connectivity index (χ1v) is 8.49. The van der Waals surface area contributed by atoms with Crippen molar-refractivity contribution in [3.05, 3.63) is 64.1 Å². The van der Waals surface area contributed by atoms with Crippen LogP contribution in [0.4, 0.5) is 0 Å². The molecule has 0 radical (unpaired) electrons. The number of benzene rings is 2. The molecule has 1 heterocycles. The molecule has 1 aliphatic heterocycles. The first-order valence-electron chi connectivity index (χ1n) is 7.67. The van der Waals surface area contributed by atoms with Gasteiger partial charge in [0.05, 0.1) is 23.6 Å². The second-order valence-electron chi connectivity index (χ2n) is 5.33. The van der Waals surface area contributed by atoms with Gasteiger partial charge in [0.2, 0.25) is 0 Å². The molecule has 2 aromatic rings. The van der Waals surface area contributed by atoms with E-state index in [2.05, 4.69) is 11.1 Å². The number of methoxy groups -OCH3 is 1. The van der Waals surface area contributed by atoms with Crippen LogP contribution in [-0.2, 0) is 11.4 Å². The van der Waals surface area contributed by atoms with E-state index >= 15 is 0 Å². The van der Waals surface area contributed by atoms with Crippen LogP contribution in [0.15, 0.2) is 52.4 Å². The minimum atomic E-state index is -0.347. The minimum Gasteiger partial charge on any atom is -0.493 e. The number of hydrogen-bond acceptors (Lipinski definition) is 6. The highest BCUT2D eigenvalue weighted by Crippen LogP contribution is 2.32. The Morgan fingerprint density at radius 1 is 1.27 bits per heavy atom. The molecule has 0 aliphatic carbocycles. The summed E-state index contributed by atoms with van der Waals surface area (Å²) in [6.45, 7) is 0.249. The van der Waals surface area contributed by atoms with Crippen molar-refractivity contribution in [2.45, 2.75) is 6.61 Å². The van der Waals surface area contributed by atoms with Gasteiger partial charge in [-0.05, 0) is 41.6 Å². The predicted octanol–water partition coefficient (Wildman–Crippen LogP) is 3.07. The fourth-order valence-electron chi connectivity index (χ4n) is 2.38. The fourth-order valence-corrected chi connectivity index (χ4v) is 3.06. The van der Waals surface area contributed by atoms with Crippen LogP contribution in [-0.4, -0.2) is 18.2 Å². The monoisotopic (exact) mass is 365 g/mol. The number of aliphatic imine (C=N–C) groups is 1. The Morgan fingerprint density at radius 3 is 2.77 bits per heavy atom. The maximum absolute atomic E-state index is 11.7. The summed E-state index contributed by atoms with van der Waals surface area (Å²) < 4.78 is 11.2. The van der Waals surface area contributed by atoms with Crippen LogP contribution < -0.4 is 15.2 Å². The summed E-state index contributed by atoms with van der Waals surface area (Å²) in [6, 6.07) is 14.7. The maximum Gasteiger partial charge on any atom is 0.286 e. The number of amides is 1. The average molecular weight is 365 g/mol. The summed E-state index contributed by atoms with van der Waals surface area (Å²) >= 11 is 1.13. The second-order valence-corrected chi connectivity index (χ2v) is 6.40. The third kappa shape index (κ3) is 3.87. The van der Waals surface area contributed by atoms with Crippen LogP contribution in [0, 0.1) is 11.3 Å². The Bertz CT molecular complexity index is 961. The van der Waals surface area contributed by atoms with Crippen molar-refractivity contribution in [3.8, 4) is 17.6 Å². The number of nitriles is 1. The molecule has 26 heavy (non-hydrogen) atoms. The normalized spacial score (nSPS) is 14.8. The zero-order valence-corrected chi connectivity index (χ0v) is 14.7. The summed E-state index contributed by atoms with van der Waals surface area (Å²) in [5.74, 6) is 0.724. The molecule has 0 unspecified atom stereocenters. The SMILES string of the molecule is COc1cc(C=C2SC(N)=NC2=O)ccc1OCc1ccccc1C#N. The number of hydrogen-bond donors (Lipinski definition) is 1. The van der Waals surface area contributed by atoms with Crippen molar-refractivity contribution < 1.29 is 14.3 Å². The Labute approximate surface area is 154 Å². The van der Waals surface area contributed by atoms with E-state index in [1.54, 1.807) is 31.4 Å². The van der Waals surface area contributed by atoms with Gasteiger partial charge < -0.3 is 15.2 Å². The first-order chi connectivity index (χ1) is 12.6. The Balaban J connectivity index is 1.78. The lowest BCUT2D eigenvalue weighted by Crippen LogP contribution is -2.01. The Hall–Kier alpha value is -3.24. The molecule has 1 aliphatic rings. The summed E-state index contributed by atoms with van der Waals surface area (Å²) in [4.78, 5) is 15.8. The molecule has 2 aromatic carbocycles. The van der Waals surface area contributed by atoms with E-state index in [0.717, 1.165) is 22.9 Å². The van der Waals surface area contributed by atoms with Crippen molar-refractivity contribution >= 4 is 28.9 Å². The van der Waals surface area contributed by atoms with Gasteiger partial charge in [-0.2, -0.15) is 10.3 Å². The molecular formula is C19H15N3O3S. The van der Waals surface area contributed by atoms with E-state index in [1.165, 1.54) is 0 Å². The Morgan fingerprint density at radius 2 is 2.08 bits per heavy atom. The zero-order valence-electron chi connectivity index (χ0n) is 13.9. The van der Waals surface area contributed by atoms with Crippen LogP contribution in [0.2, 0.25) is 0 Å². The second kappa shape index (κ2) is 7.76. The molecule has 0 atom stereocenters. The van der Waals surface area contributed by atoms with Crippen molar-refractivity contribution in [1.82, 2.24) is 0 Å². The topological polar surface area (TPSA) is 97.7 Å². The van der Waals surface area contributed by atoms with Gasteiger partial charge in [-0.15, -0.1) is 0 Å². The molecule has 3 rings (SSSR count). The van der Waals surface area contributed by atoms with E-state index in [4.69, 9.17) is 20.5 Å². The third-order valence-corrected chi connectivity index (χ3v) is 4.46. The van der Waals surface area contributed by atoms with Gasteiger partial charge in [-0.1, -0.05) is 24.3 Å². The molecule has 0 bridgehead atoms.